The molecule has 0 spiro atoms. The Labute approximate surface area is 275 Å². The molecule has 1 aromatic carbocycles. The summed E-state index contributed by atoms with van der Waals surface area (Å²) in [4.78, 5) is 20.0. The van der Waals surface area contributed by atoms with E-state index in [9.17, 15) is 18.0 Å². The Morgan fingerprint density at radius 3 is 2.50 bits per heavy atom. The number of benzene rings is 1. The summed E-state index contributed by atoms with van der Waals surface area (Å²) >= 11 is 0. The number of aryl methyl sites for hydroxylation is 1. The van der Waals surface area contributed by atoms with Gasteiger partial charge in [0.1, 0.15) is 5.71 Å². The van der Waals surface area contributed by atoms with Crippen molar-refractivity contribution in [1.29, 1.82) is 5.41 Å². The molecule has 1 unspecified atom stereocenters. The first-order valence-corrected chi connectivity index (χ1v) is 17.3. The maximum atomic E-state index is 13.4. The van der Waals surface area contributed by atoms with Gasteiger partial charge in [-0.3, -0.25) is 10.2 Å². The summed E-state index contributed by atoms with van der Waals surface area (Å²) in [5.74, 6) is 0.469. The van der Waals surface area contributed by atoms with Crippen molar-refractivity contribution in [2.75, 3.05) is 7.05 Å². The van der Waals surface area contributed by atoms with Gasteiger partial charge in [-0.15, -0.1) is 0 Å². The Morgan fingerprint density at radius 2 is 1.85 bits per heavy atom. The number of Topliss-reactive ketones (excluding diaryl/α,β-unsaturated/α-hetero) is 1. The quantitative estimate of drug-likeness (QED) is 0.105. The van der Waals surface area contributed by atoms with Crippen LogP contribution in [0.15, 0.2) is 65.5 Å². The number of likely N-dealkylation sites (N-methyl/N-ethyl adjacent to an activating group) is 1. The Kier molecular flexibility index (Phi) is 14.1. The first kappa shape index (κ1) is 37.5. The highest BCUT2D eigenvalue weighted by Crippen LogP contribution is 2.52. The molecule has 1 fully saturated rings. The highest BCUT2D eigenvalue weighted by atomic mass is 19.4. The second-order valence-corrected chi connectivity index (χ2v) is 14.3. The molecular formula is C39H56F3N3O. The van der Waals surface area contributed by atoms with Crippen LogP contribution in [0, 0.1) is 23.2 Å². The molecule has 1 aliphatic heterocycles. The minimum absolute atomic E-state index is 0.0611. The maximum Gasteiger partial charge on any atom is 0.389 e. The fourth-order valence-electron chi connectivity index (χ4n) is 7.12. The number of unbranched alkanes of at least 4 members (excludes halogenated alkanes) is 3. The van der Waals surface area contributed by atoms with Crippen LogP contribution in [0.25, 0.3) is 0 Å². The van der Waals surface area contributed by atoms with Crippen molar-refractivity contribution in [2.45, 2.75) is 129 Å². The zero-order valence-electron chi connectivity index (χ0n) is 28.7. The van der Waals surface area contributed by atoms with Gasteiger partial charge in [0.25, 0.3) is 0 Å². The summed E-state index contributed by atoms with van der Waals surface area (Å²) in [6.45, 7) is 15.3. The van der Waals surface area contributed by atoms with E-state index in [4.69, 9.17) is 10.4 Å². The van der Waals surface area contributed by atoms with Crippen molar-refractivity contribution >= 4 is 17.8 Å². The number of hydrogen-bond acceptors (Lipinski definition) is 3. The molecule has 254 valence electrons. The number of rotatable bonds is 17. The maximum absolute atomic E-state index is 13.4. The van der Waals surface area contributed by atoms with Gasteiger partial charge in [-0.1, -0.05) is 90.0 Å². The molecule has 7 heteroatoms. The van der Waals surface area contributed by atoms with Crippen molar-refractivity contribution in [3.05, 3.63) is 71.6 Å². The fourth-order valence-corrected chi connectivity index (χ4v) is 7.12. The summed E-state index contributed by atoms with van der Waals surface area (Å²) in [7, 11) is 1.88. The Balaban J connectivity index is 1.69. The number of hydrogen-bond donors (Lipinski definition) is 1. The molecule has 0 aromatic heterocycles. The molecule has 0 bridgehead atoms. The third kappa shape index (κ3) is 11.1. The molecule has 1 atom stereocenters. The van der Waals surface area contributed by atoms with E-state index in [1.165, 1.54) is 30.3 Å². The van der Waals surface area contributed by atoms with Crippen LogP contribution in [0.3, 0.4) is 0 Å². The average Bonchev–Trinajstić information content (AvgIpc) is 3.05. The highest BCUT2D eigenvalue weighted by Gasteiger charge is 2.46. The van der Waals surface area contributed by atoms with Gasteiger partial charge >= 0.3 is 6.18 Å². The summed E-state index contributed by atoms with van der Waals surface area (Å²) in [6, 6.07) is 8.62. The molecule has 1 heterocycles. The molecule has 0 radical (unpaired) electrons. The standard InChI is InChI=1S/C39H56F3N3O/c1-28(2)13-9-7-8-10-18-35-21-19-33(26-39(40,41)42)20-22-36(46)37(44-35)30(4)14-11-15-32-16-12-17-34(23-32)38(24-29(3)25-38)31(5)45(6)27-43/h12,16-17,21,23,27-29,33,43H,4-5,7-11,13-15,18-20,22,24-26H2,1-3,6H3/b35-21-,43-27?,44-37-/t29-,33?,38-. The van der Waals surface area contributed by atoms with Crippen LogP contribution in [0.1, 0.15) is 122 Å². The van der Waals surface area contributed by atoms with E-state index >= 15 is 0 Å². The second kappa shape index (κ2) is 17.3. The number of carbonyl (C=O) groups is 1. The van der Waals surface area contributed by atoms with Crippen LogP contribution in [0.5, 0.6) is 0 Å². The monoisotopic (exact) mass is 639 g/mol. The van der Waals surface area contributed by atoms with E-state index in [1.54, 1.807) is 4.90 Å². The molecule has 0 amide bonds. The van der Waals surface area contributed by atoms with E-state index in [-0.39, 0.29) is 30.5 Å². The number of carbonyl (C=O) groups excluding carboxylic acids is 1. The SMILES string of the molecule is C=C(CCCc1cccc([C@]2(C(=C)N(C)C=N)C[C@@H](C)C2)c1)/C1=N/C(CCCCCCC(C)C)=C\CC(CC(F)(F)F)CCC1=O. The fraction of sp³-hybridized carbons (Fsp3) is 0.615. The van der Waals surface area contributed by atoms with Gasteiger partial charge in [-0.05, 0) is 92.2 Å². The van der Waals surface area contributed by atoms with Gasteiger partial charge in [-0.25, -0.2) is 4.99 Å². The van der Waals surface area contributed by atoms with Crippen LogP contribution in [-0.2, 0) is 16.6 Å². The van der Waals surface area contributed by atoms with E-state index in [1.807, 2.05) is 13.1 Å². The lowest BCUT2D eigenvalue weighted by Crippen LogP contribution is -2.45. The lowest BCUT2D eigenvalue weighted by atomic mass is 9.57. The third-order valence-electron chi connectivity index (χ3n) is 9.79. The van der Waals surface area contributed by atoms with Crippen molar-refractivity contribution in [3.63, 3.8) is 0 Å². The first-order chi connectivity index (χ1) is 21.7. The smallest absolute Gasteiger partial charge is 0.339 e. The van der Waals surface area contributed by atoms with E-state index < -0.39 is 18.5 Å². The van der Waals surface area contributed by atoms with Gasteiger partial charge in [0, 0.05) is 36.7 Å². The molecule has 46 heavy (non-hydrogen) atoms. The molecular weight excluding hydrogens is 583 g/mol. The Bertz CT molecular complexity index is 1270. The number of ketones is 1. The Hall–Kier alpha value is -2.96. The van der Waals surface area contributed by atoms with Crippen LogP contribution in [0.2, 0.25) is 0 Å². The summed E-state index contributed by atoms with van der Waals surface area (Å²) < 4.78 is 39.9. The van der Waals surface area contributed by atoms with Crippen LogP contribution >= 0.6 is 0 Å². The first-order valence-electron chi connectivity index (χ1n) is 17.3. The predicted molar refractivity (Wildman–Crippen MR) is 185 cm³/mol. The van der Waals surface area contributed by atoms with E-state index in [2.05, 4.69) is 58.2 Å². The summed E-state index contributed by atoms with van der Waals surface area (Å²) in [5, 5.41) is 7.72. The lowest BCUT2D eigenvalue weighted by Gasteiger charge is -2.50. The largest absolute Gasteiger partial charge is 0.389 e. The number of nitrogens with one attached hydrogen (secondary N) is 1. The molecule has 4 nitrogen and oxygen atoms in total. The van der Waals surface area contributed by atoms with Crippen molar-refractivity contribution in [3.8, 4) is 0 Å². The predicted octanol–water partition coefficient (Wildman–Crippen LogP) is 10.9. The molecule has 2 aliphatic rings. The molecule has 0 saturated heterocycles. The number of allylic oxidation sites excluding steroid dienone is 4. The Morgan fingerprint density at radius 1 is 1.13 bits per heavy atom. The van der Waals surface area contributed by atoms with Crippen molar-refractivity contribution in [1.82, 2.24) is 4.90 Å². The van der Waals surface area contributed by atoms with Crippen LogP contribution < -0.4 is 0 Å². The second-order valence-electron chi connectivity index (χ2n) is 14.3. The lowest BCUT2D eigenvalue weighted by molar-refractivity contribution is -0.145. The summed E-state index contributed by atoms with van der Waals surface area (Å²) in [6.07, 6.45) is 8.88. The normalized spacial score (nSPS) is 24.5. The number of aliphatic imine (C=N–C) groups is 1. The highest BCUT2D eigenvalue weighted by molar-refractivity contribution is 6.46. The minimum Gasteiger partial charge on any atom is -0.339 e. The van der Waals surface area contributed by atoms with Gasteiger partial charge in [0.05, 0.1) is 6.34 Å². The number of nitrogens with zero attached hydrogens (tertiary/aromatic N) is 2. The van der Waals surface area contributed by atoms with Crippen molar-refractivity contribution < 1.29 is 18.0 Å². The topological polar surface area (TPSA) is 56.5 Å². The van der Waals surface area contributed by atoms with Gasteiger partial charge in [-0.2, -0.15) is 13.2 Å². The van der Waals surface area contributed by atoms with Crippen LogP contribution in [0.4, 0.5) is 13.2 Å². The van der Waals surface area contributed by atoms with Crippen molar-refractivity contribution in [2.24, 2.45) is 22.7 Å². The number of halogens is 3. The molecule has 1 aliphatic carbocycles. The van der Waals surface area contributed by atoms with E-state index in [0.717, 1.165) is 56.3 Å². The summed E-state index contributed by atoms with van der Waals surface area (Å²) in [5.41, 5.74) is 4.95. The van der Waals surface area contributed by atoms with Gasteiger partial charge in [0.2, 0.25) is 0 Å². The van der Waals surface area contributed by atoms with E-state index in [0.29, 0.717) is 36.0 Å². The number of alkyl halides is 3. The van der Waals surface area contributed by atoms with Gasteiger partial charge in [0.15, 0.2) is 5.78 Å². The molecule has 1 saturated carbocycles. The average molecular weight is 640 g/mol. The van der Waals surface area contributed by atoms with Gasteiger partial charge < -0.3 is 4.90 Å². The third-order valence-corrected chi connectivity index (χ3v) is 9.79. The molecule has 3 rings (SSSR count). The molecule has 1 aromatic rings. The zero-order chi connectivity index (χ0) is 33.9. The zero-order valence-corrected chi connectivity index (χ0v) is 28.7. The minimum atomic E-state index is -4.25. The van der Waals surface area contributed by atoms with Crippen LogP contribution in [-0.4, -0.2) is 36.0 Å². The molecule has 1 N–H and O–H groups in total.